The zero-order chi connectivity index (χ0) is 14.9. The summed E-state index contributed by atoms with van der Waals surface area (Å²) in [7, 11) is 1.96. The van der Waals surface area contributed by atoms with Crippen LogP contribution in [0.5, 0.6) is 0 Å². The maximum absolute atomic E-state index is 4.82. The highest BCUT2D eigenvalue weighted by molar-refractivity contribution is 5.48. The number of anilines is 1. The van der Waals surface area contributed by atoms with Crippen LogP contribution < -0.4 is 5.32 Å². The van der Waals surface area contributed by atoms with E-state index in [-0.39, 0.29) is 0 Å². The number of nitrogens with one attached hydrogen (secondary N) is 1. The zero-order valence-corrected chi connectivity index (χ0v) is 13.9. The molecule has 1 aliphatic carbocycles. The second-order valence-electron chi connectivity index (χ2n) is 7.27. The van der Waals surface area contributed by atoms with E-state index < -0.39 is 0 Å². The first kappa shape index (κ1) is 15.3. The fourth-order valence-corrected chi connectivity index (χ4v) is 3.33. The number of rotatable bonds is 3. The zero-order valence-electron chi connectivity index (χ0n) is 13.9. The number of nitrogens with zero attached hydrogens (tertiary/aromatic N) is 2. The summed E-state index contributed by atoms with van der Waals surface area (Å²) in [6, 6.07) is 0. The third kappa shape index (κ3) is 3.13. The summed E-state index contributed by atoms with van der Waals surface area (Å²) >= 11 is 0. The van der Waals surface area contributed by atoms with Crippen molar-refractivity contribution in [3.63, 3.8) is 0 Å². The fourth-order valence-electron chi connectivity index (χ4n) is 3.33. The lowest BCUT2D eigenvalue weighted by Crippen LogP contribution is -2.22. The molecule has 1 fully saturated rings. The molecule has 112 valence electrons. The van der Waals surface area contributed by atoms with Gasteiger partial charge in [0.1, 0.15) is 11.6 Å². The van der Waals surface area contributed by atoms with E-state index in [4.69, 9.17) is 9.97 Å². The van der Waals surface area contributed by atoms with Gasteiger partial charge in [-0.3, -0.25) is 0 Å². The SMILES string of the molecule is CNc1nc(C2CCC(C)(C)CC2)nc(C)c1C(C)C. The summed E-state index contributed by atoms with van der Waals surface area (Å²) in [5.41, 5.74) is 2.89. The van der Waals surface area contributed by atoms with Gasteiger partial charge in [0.25, 0.3) is 0 Å². The normalized spacial score (nSPS) is 19.4. The largest absolute Gasteiger partial charge is 0.373 e. The quantitative estimate of drug-likeness (QED) is 0.873. The molecule has 0 spiro atoms. The highest BCUT2D eigenvalue weighted by Crippen LogP contribution is 2.42. The number of hydrogen-bond acceptors (Lipinski definition) is 3. The van der Waals surface area contributed by atoms with E-state index in [0.717, 1.165) is 17.3 Å². The molecule has 3 heteroatoms. The standard InChI is InChI=1S/C17H29N3/c1-11(2)14-12(3)19-15(20-16(14)18-6)13-7-9-17(4,5)10-8-13/h11,13H,7-10H2,1-6H3,(H,18,19,20). The molecule has 1 aromatic rings. The summed E-state index contributed by atoms with van der Waals surface area (Å²) in [5.74, 6) is 3.06. The van der Waals surface area contributed by atoms with Crippen molar-refractivity contribution >= 4 is 5.82 Å². The molecular formula is C17H29N3. The van der Waals surface area contributed by atoms with Gasteiger partial charge in [0.2, 0.25) is 0 Å². The van der Waals surface area contributed by atoms with E-state index >= 15 is 0 Å². The van der Waals surface area contributed by atoms with Gasteiger partial charge in [-0.1, -0.05) is 27.7 Å². The molecule has 3 nitrogen and oxygen atoms in total. The molecule has 0 radical (unpaired) electrons. The van der Waals surface area contributed by atoms with Crippen molar-refractivity contribution in [1.82, 2.24) is 9.97 Å². The van der Waals surface area contributed by atoms with Crippen LogP contribution in [-0.4, -0.2) is 17.0 Å². The molecule has 0 aromatic carbocycles. The van der Waals surface area contributed by atoms with Gasteiger partial charge < -0.3 is 5.32 Å². The first-order chi connectivity index (χ1) is 9.34. The van der Waals surface area contributed by atoms with E-state index in [0.29, 0.717) is 17.3 Å². The van der Waals surface area contributed by atoms with Crippen molar-refractivity contribution in [2.75, 3.05) is 12.4 Å². The Labute approximate surface area is 123 Å². The Balaban J connectivity index is 2.28. The van der Waals surface area contributed by atoms with E-state index in [1.54, 1.807) is 0 Å². The van der Waals surface area contributed by atoms with Crippen molar-refractivity contribution in [1.29, 1.82) is 0 Å². The second kappa shape index (κ2) is 5.71. The van der Waals surface area contributed by atoms with Crippen LogP contribution >= 0.6 is 0 Å². The summed E-state index contributed by atoms with van der Waals surface area (Å²) in [4.78, 5) is 9.65. The van der Waals surface area contributed by atoms with Crippen LogP contribution in [0.4, 0.5) is 5.82 Å². The molecule has 1 aliphatic rings. The Morgan fingerprint density at radius 1 is 1.15 bits per heavy atom. The average Bonchev–Trinajstić information content (AvgIpc) is 2.37. The molecule has 0 atom stereocenters. The van der Waals surface area contributed by atoms with Crippen LogP contribution in [0.25, 0.3) is 0 Å². The lowest BCUT2D eigenvalue weighted by Gasteiger charge is -2.34. The Morgan fingerprint density at radius 3 is 2.25 bits per heavy atom. The average molecular weight is 275 g/mol. The fraction of sp³-hybridized carbons (Fsp3) is 0.765. The first-order valence-electron chi connectivity index (χ1n) is 7.90. The van der Waals surface area contributed by atoms with Gasteiger partial charge in [0.05, 0.1) is 0 Å². The minimum Gasteiger partial charge on any atom is -0.373 e. The van der Waals surface area contributed by atoms with Gasteiger partial charge in [0, 0.05) is 24.2 Å². The van der Waals surface area contributed by atoms with Gasteiger partial charge in [-0.05, 0) is 43.9 Å². The monoisotopic (exact) mass is 275 g/mol. The molecule has 0 aliphatic heterocycles. The summed E-state index contributed by atoms with van der Waals surface area (Å²) in [6.45, 7) is 11.3. The van der Waals surface area contributed by atoms with Gasteiger partial charge in [0.15, 0.2) is 0 Å². The number of aryl methyl sites for hydroxylation is 1. The molecule has 1 aromatic heterocycles. The van der Waals surface area contributed by atoms with Crippen LogP contribution in [0.2, 0.25) is 0 Å². The molecule has 0 unspecified atom stereocenters. The predicted octanol–water partition coefficient (Wildman–Crippen LogP) is 4.63. The maximum atomic E-state index is 4.82. The number of hydrogen-bond donors (Lipinski definition) is 1. The van der Waals surface area contributed by atoms with E-state index in [1.807, 2.05) is 7.05 Å². The Hall–Kier alpha value is -1.12. The molecule has 20 heavy (non-hydrogen) atoms. The minimum absolute atomic E-state index is 0.455. The van der Waals surface area contributed by atoms with Crippen LogP contribution in [0.15, 0.2) is 0 Å². The molecular weight excluding hydrogens is 246 g/mol. The molecule has 0 bridgehead atoms. The van der Waals surface area contributed by atoms with Gasteiger partial charge in [-0.15, -0.1) is 0 Å². The third-order valence-electron chi connectivity index (χ3n) is 4.67. The first-order valence-corrected chi connectivity index (χ1v) is 7.90. The Kier molecular flexibility index (Phi) is 4.36. The topological polar surface area (TPSA) is 37.8 Å². The van der Waals surface area contributed by atoms with Crippen LogP contribution in [0.1, 0.15) is 82.3 Å². The maximum Gasteiger partial charge on any atom is 0.134 e. The van der Waals surface area contributed by atoms with Gasteiger partial charge in [-0.25, -0.2) is 9.97 Å². The van der Waals surface area contributed by atoms with E-state index in [9.17, 15) is 0 Å². The molecule has 1 saturated carbocycles. The lowest BCUT2D eigenvalue weighted by atomic mass is 9.73. The molecule has 1 heterocycles. The van der Waals surface area contributed by atoms with Crippen molar-refractivity contribution < 1.29 is 0 Å². The molecule has 0 saturated heterocycles. The van der Waals surface area contributed by atoms with Crippen molar-refractivity contribution in [3.05, 3.63) is 17.1 Å². The summed E-state index contributed by atoms with van der Waals surface area (Å²) in [6.07, 6.45) is 5.00. The summed E-state index contributed by atoms with van der Waals surface area (Å²) < 4.78 is 0. The van der Waals surface area contributed by atoms with Crippen molar-refractivity contribution in [3.8, 4) is 0 Å². The second-order valence-corrected chi connectivity index (χ2v) is 7.27. The van der Waals surface area contributed by atoms with E-state index in [2.05, 4.69) is 39.9 Å². The lowest BCUT2D eigenvalue weighted by molar-refractivity contribution is 0.220. The van der Waals surface area contributed by atoms with Crippen LogP contribution in [0.3, 0.4) is 0 Å². The Morgan fingerprint density at radius 2 is 1.75 bits per heavy atom. The molecule has 0 amide bonds. The smallest absolute Gasteiger partial charge is 0.134 e. The van der Waals surface area contributed by atoms with Crippen LogP contribution in [-0.2, 0) is 0 Å². The summed E-state index contributed by atoms with van der Waals surface area (Å²) in [5, 5.41) is 3.26. The Bertz CT molecular complexity index is 467. The van der Waals surface area contributed by atoms with Gasteiger partial charge in [-0.2, -0.15) is 0 Å². The predicted molar refractivity (Wildman–Crippen MR) is 85.4 cm³/mol. The molecule has 1 N–H and O–H groups in total. The number of aromatic nitrogens is 2. The highest BCUT2D eigenvalue weighted by Gasteiger charge is 2.29. The van der Waals surface area contributed by atoms with E-state index in [1.165, 1.54) is 31.2 Å². The molecule has 2 rings (SSSR count). The van der Waals surface area contributed by atoms with Crippen molar-refractivity contribution in [2.24, 2.45) is 5.41 Å². The van der Waals surface area contributed by atoms with Crippen LogP contribution in [0, 0.1) is 12.3 Å². The van der Waals surface area contributed by atoms with Gasteiger partial charge >= 0.3 is 0 Å². The minimum atomic E-state index is 0.455. The third-order valence-corrected chi connectivity index (χ3v) is 4.67. The highest BCUT2D eigenvalue weighted by atomic mass is 15.0. The van der Waals surface area contributed by atoms with Crippen molar-refractivity contribution in [2.45, 2.75) is 72.1 Å².